The molecule has 0 aliphatic rings. The fourth-order valence-corrected chi connectivity index (χ4v) is 2.29. The van der Waals surface area contributed by atoms with Crippen LogP contribution in [0.25, 0.3) is 0 Å². The van der Waals surface area contributed by atoms with Gasteiger partial charge in [-0.2, -0.15) is 0 Å². The predicted octanol–water partition coefficient (Wildman–Crippen LogP) is 3.98. The average molecular weight is 262 g/mol. The lowest BCUT2D eigenvalue weighted by atomic mass is 10.2. The van der Waals surface area contributed by atoms with Crippen molar-refractivity contribution in [2.75, 3.05) is 0 Å². The predicted molar refractivity (Wildman–Crippen MR) is 72.8 cm³/mol. The minimum absolute atomic E-state index is 0.639. The third-order valence-corrected chi connectivity index (χ3v) is 3.25. The minimum Gasteiger partial charge on any atom is -0.418 e. The van der Waals surface area contributed by atoms with Crippen LogP contribution in [-0.2, 0) is 0 Å². The summed E-state index contributed by atoms with van der Waals surface area (Å²) in [5, 5.41) is 0. The zero-order valence-corrected chi connectivity index (χ0v) is 11.2. The van der Waals surface area contributed by atoms with E-state index >= 15 is 0 Å². The van der Waals surface area contributed by atoms with Crippen molar-refractivity contribution < 1.29 is 13.9 Å². The third kappa shape index (κ3) is 3.22. The van der Waals surface area contributed by atoms with Crippen LogP contribution in [0, 0.1) is 13.8 Å². The van der Waals surface area contributed by atoms with Crippen LogP contribution in [0.5, 0.6) is 11.5 Å². The summed E-state index contributed by atoms with van der Waals surface area (Å²) in [4.78, 5) is 9.83. The fourth-order valence-electron chi connectivity index (χ4n) is 1.50. The Labute approximate surface area is 108 Å². The van der Waals surface area contributed by atoms with Crippen molar-refractivity contribution in [2.45, 2.75) is 13.8 Å². The number of rotatable bonds is 4. The Kier molecular flexibility index (Phi) is 4.19. The Morgan fingerprint density at radius 3 is 1.56 bits per heavy atom. The molecule has 0 amide bonds. The maximum atomic E-state index is 9.83. The molecule has 4 heteroatoms. The fraction of sp³-hybridized carbons (Fsp3) is 0.143. The zero-order chi connectivity index (χ0) is 13.0. The van der Waals surface area contributed by atoms with Gasteiger partial charge in [0.15, 0.2) is 0 Å². The van der Waals surface area contributed by atoms with Gasteiger partial charge in [-0.1, -0.05) is 36.4 Å². The molecule has 0 heterocycles. The van der Waals surface area contributed by atoms with Gasteiger partial charge in [-0.15, -0.1) is 0 Å². The lowest BCUT2D eigenvalue weighted by Gasteiger charge is -2.14. The molecule has 2 aromatic rings. The number of aryl methyl sites for hydroxylation is 2. The Morgan fingerprint density at radius 1 is 0.778 bits per heavy atom. The molecule has 0 saturated carbocycles. The van der Waals surface area contributed by atoms with Crippen LogP contribution in [0.4, 0.5) is 0 Å². The van der Waals surface area contributed by atoms with Crippen molar-refractivity contribution >= 4 is 8.60 Å². The highest BCUT2D eigenvalue weighted by atomic mass is 31.2. The molecule has 18 heavy (non-hydrogen) atoms. The molecule has 0 spiro atoms. The second-order valence-corrected chi connectivity index (χ2v) is 4.79. The second-order valence-electron chi connectivity index (χ2n) is 3.95. The van der Waals surface area contributed by atoms with Crippen LogP contribution in [-0.4, -0.2) is 4.89 Å². The van der Waals surface area contributed by atoms with Gasteiger partial charge in [0.2, 0.25) is 0 Å². The van der Waals surface area contributed by atoms with Crippen molar-refractivity contribution in [1.29, 1.82) is 0 Å². The first kappa shape index (κ1) is 12.9. The van der Waals surface area contributed by atoms with Crippen LogP contribution in [0.15, 0.2) is 48.5 Å². The Bertz CT molecular complexity index is 480. The standard InChI is InChI=1S/C14H15O3P/c1-11-7-3-5-9-13(11)16-18(15)17-14-10-6-4-8-12(14)2/h3-10,15H,1-2H3. The normalized spacial score (nSPS) is 10.4. The molecule has 0 radical (unpaired) electrons. The summed E-state index contributed by atoms with van der Waals surface area (Å²) in [6.07, 6.45) is 0. The summed E-state index contributed by atoms with van der Waals surface area (Å²) in [7, 11) is -1.97. The van der Waals surface area contributed by atoms with Crippen molar-refractivity contribution in [1.82, 2.24) is 0 Å². The lowest BCUT2D eigenvalue weighted by molar-refractivity contribution is 0.379. The summed E-state index contributed by atoms with van der Waals surface area (Å²) in [5.41, 5.74) is 1.93. The van der Waals surface area contributed by atoms with Crippen molar-refractivity contribution in [2.24, 2.45) is 0 Å². The number of hydrogen-bond donors (Lipinski definition) is 1. The molecular weight excluding hydrogens is 247 g/mol. The number of benzene rings is 2. The molecule has 0 bridgehead atoms. The molecule has 0 aromatic heterocycles. The zero-order valence-electron chi connectivity index (χ0n) is 10.3. The van der Waals surface area contributed by atoms with Crippen LogP contribution >= 0.6 is 8.60 Å². The molecule has 0 saturated heterocycles. The second kappa shape index (κ2) is 5.85. The van der Waals surface area contributed by atoms with E-state index in [0.717, 1.165) is 11.1 Å². The van der Waals surface area contributed by atoms with E-state index in [1.165, 1.54) is 0 Å². The van der Waals surface area contributed by atoms with E-state index in [2.05, 4.69) is 0 Å². The Balaban J connectivity index is 2.04. The highest BCUT2D eigenvalue weighted by molar-refractivity contribution is 7.41. The molecule has 0 fully saturated rings. The first-order valence-corrected chi connectivity index (χ1v) is 6.76. The summed E-state index contributed by atoms with van der Waals surface area (Å²) in [5.74, 6) is 1.28. The first-order chi connectivity index (χ1) is 8.66. The van der Waals surface area contributed by atoms with Crippen molar-refractivity contribution in [3.8, 4) is 11.5 Å². The monoisotopic (exact) mass is 262 g/mol. The topological polar surface area (TPSA) is 38.7 Å². The largest absolute Gasteiger partial charge is 0.460 e. The van der Waals surface area contributed by atoms with E-state index in [9.17, 15) is 4.89 Å². The SMILES string of the molecule is Cc1ccccc1OP(O)Oc1ccccc1C. The Morgan fingerprint density at radius 2 is 1.17 bits per heavy atom. The van der Waals surface area contributed by atoms with E-state index in [4.69, 9.17) is 9.05 Å². The molecule has 2 rings (SSSR count). The molecule has 0 unspecified atom stereocenters. The molecule has 94 valence electrons. The third-order valence-electron chi connectivity index (χ3n) is 2.54. The maximum Gasteiger partial charge on any atom is 0.460 e. The molecule has 2 aromatic carbocycles. The summed E-state index contributed by atoms with van der Waals surface area (Å²) < 4.78 is 10.8. The quantitative estimate of drug-likeness (QED) is 0.847. The molecule has 1 N–H and O–H groups in total. The van der Waals surface area contributed by atoms with Gasteiger partial charge in [-0.3, -0.25) is 0 Å². The Hall–Kier alpha value is -1.57. The molecular formula is C14H15O3P. The number of hydrogen-bond acceptors (Lipinski definition) is 3. The maximum absolute atomic E-state index is 9.83. The van der Waals surface area contributed by atoms with Gasteiger partial charge in [-0.25, -0.2) is 0 Å². The summed E-state index contributed by atoms with van der Waals surface area (Å²) in [6, 6.07) is 15.0. The highest BCUT2D eigenvalue weighted by Gasteiger charge is 2.13. The molecule has 3 nitrogen and oxygen atoms in total. The van der Waals surface area contributed by atoms with Crippen LogP contribution in [0.3, 0.4) is 0 Å². The summed E-state index contributed by atoms with van der Waals surface area (Å²) >= 11 is 0. The van der Waals surface area contributed by atoms with E-state index in [1.807, 2.05) is 62.4 Å². The van der Waals surface area contributed by atoms with Crippen LogP contribution in [0.2, 0.25) is 0 Å². The first-order valence-electron chi connectivity index (χ1n) is 5.63. The molecule has 0 atom stereocenters. The van der Waals surface area contributed by atoms with E-state index in [-0.39, 0.29) is 0 Å². The van der Waals surface area contributed by atoms with E-state index < -0.39 is 8.60 Å². The average Bonchev–Trinajstić information content (AvgIpc) is 2.35. The van der Waals surface area contributed by atoms with Gasteiger partial charge < -0.3 is 13.9 Å². The van der Waals surface area contributed by atoms with Crippen molar-refractivity contribution in [3.05, 3.63) is 59.7 Å². The smallest absolute Gasteiger partial charge is 0.418 e. The minimum atomic E-state index is -1.97. The van der Waals surface area contributed by atoms with Gasteiger partial charge in [0.1, 0.15) is 11.5 Å². The van der Waals surface area contributed by atoms with Crippen LogP contribution < -0.4 is 9.05 Å². The van der Waals surface area contributed by atoms with Gasteiger partial charge in [0.25, 0.3) is 0 Å². The molecule has 0 aliphatic carbocycles. The van der Waals surface area contributed by atoms with Gasteiger partial charge in [0, 0.05) is 0 Å². The van der Waals surface area contributed by atoms with E-state index in [1.54, 1.807) is 0 Å². The lowest BCUT2D eigenvalue weighted by Crippen LogP contribution is -1.96. The number of para-hydroxylation sites is 2. The van der Waals surface area contributed by atoms with Crippen molar-refractivity contribution in [3.63, 3.8) is 0 Å². The van der Waals surface area contributed by atoms with E-state index in [0.29, 0.717) is 11.5 Å². The van der Waals surface area contributed by atoms with Gasteiger partial charge >= 0.3 is 8.60 Å². The van der Waals surface area contributed by atoms with Crippen LogP contribution in [0.1, 0.15) is 11.1 Å². The van der Waals surface area contributed by atoms with Gasteiger partial charge in [-0.05, 0) is 37.1 Å². The van der Waals surface area contributed by atoms with Gasteiger partial charge in [0.05, 0.1) is 0 Å². The summed E-state index contributed by atoms with van der Waals surface area (Å²) in [6.45, 7) is 3.85. The molecule has 0 aliphatic heterocycles. The highest BCUT2D eigenvalue weighted by Crippen LogP contribution is 2.38.